The van der Waals surface area contributed by atoms with E-state index in [4.69, 9.17) is 0 Å². The van der Waals surface area contributed by atoms with Crippen molar-refractivity contribution < 1.29 is 25.8 Å². The zero-order valence-corrected chi connectivity index (χ0v) is 12.0. The lowest BCUT2D eigenvalue weighted by molar-refractivity contribution is -0.0436. The van der Waals surface area contributed by atoms with Gasteiger partial charge in [0.1, 0.15) is 11.2 Å². The SMILES string of the molecule is CS(=O)c1nncn1-c1ccccc1S(=O)(=O)C(F)(F)F. The van der Waals surface area contributed by atoms with Crippen molar-refractivity contribution in [2.45, 2.75) is 15.6 Å². The topological polar surface area (TPSA) is 81.9 Å². The van der Waals surface area contributed by atoms with Crippen LogP contribution in [0.2, 0.25) is 0 Å². The maximum atomic E-state index is 12.7. The molecule has 0 amide bonds. The summed E-state index contributed by atoms with van der Waals surface area (Å²) in [6.45, 7) is 0. The third kappa shape index (κ3) is 2.70. The Kier molecular flexibility index (Phi) is 3.89. The fourth-order valence-corrected chi connectivity index (χ4v) is 3.13. The molecule has 21 heavy (non-hydrogen) atoms. The maximum absolute atomic E-state index is 12.7. The van der Waals surface area contributed by atoms with Gasteiger partial charge in [-0.25, -0.2) is 8.42 Å². The highest BCUT2D eigenvalue weighted by molar-refractivity contribution is 7.92. The van der Waals surface area contributed by atoms with E-state index in [0.29, 0.717) is 0 Å². The van der Waals surface area contributed by atoms with Crippen LogP contribution < -0.4 is 0 Å². The molecule has 0 radical (unpaired) electrons. The minimum atomic E-state index is -5.55. The zero-order chi connectivity index (χ0) is 15.8. The molecule has 0 aliphatic rings. The molecule has 114 valence electrons. The molecule has 2 aromatic rings. The van der Waals surface area contributed by atoms with Crippen molar-refractivity contribution in [1.29, 1.82) is 0 Å². The number of para-hydroxylation sites is 1. The Morgan fingerprint density at radius 3 is 2.43 bits per heavy atom. The summed E-state index contributed by atoms with van der Waals surface area (Å²) in [6.07, 6.45) is 2.25. The van der Waals surface area contributed by atoms with Crippen LogP contribution in [0.15, 0.2) is 40.6 Å². The lowest BCUT2D eigenvalue weighted by Gasteiger charge is -2.13. The minimum Gasteiger partial charge on any atom is -0.273 e. The molecule has 11 heteroatoms. The van der Waals surface area contributed by atoms with E-state index in [9.17, 15) is 25.8 Å². The smallest absolute Gasteiger partial charge is 0.273 e. The normalized spacial score (nSPS) is 14.1. The van der Waals surface area contributed by atoms with Gasteiger partial charge in [0.25, 0.3) is 9.84 Å². The Morgan fingerprint density at radius 1 is 1.24 bits per heavy atom. The Balaban J connectivity index is 2.74. The standard InChI is InChI=1S/C10H8F3N3O3S2/c1-20(17)9-15-14-6-16(9)7-4-2-3-5-8(7)21(18,19)10(11,12)13/h2-6H,1H3. The first-order valence-corrected chi connectivity index (χ1v) is 8.34. The summed E-state index contributed by atoms with van der Waals surface area (Å²) in [5, 5.41) is 6.81. The average Bonchev–Trinajstić information content (AvgIpc) is 2.86. The van der Waals surface area contributed by atoms with Crippen LogP contribution in [0.1, 0.15) is 0 Å². The summed E-state index contributed by atoms with van der Waals surface area (Å²) >= 11 is 0. The van der Waals surface area contributed by atoms with Crippen molar-refractivity contribution in [3.8, 4) is 5.69 Å². The number of rotatable bonds is 3. The number of sulfone groups is 1. The Hall–Kier alpha value is -1.75. The molecule has 1 heterocycles. The molecule has 0 N–H and O–H groups in total. The lowest BCUT2D eigenvalue weighted by atomic mass is 10.3. The van der Waals surface area contributed by atoms with E-state index < -0.39 is 31.0 Å². The molecule has 0 saturated heterocycles. The van der Waals surface area contributed by atoms with E-state index >= 15 is 0 Å². The molecule has 6 nitrogen and oxygen atoms in total. The van der Waals surface area contributed by atoms with Crippen LogP contribution >= 0.6 is 0 Å². The molecule has 0 saturated carbocycles. The highest BCUT2D eigenvalue weighted by Gasteiger charge is 2.48. The largest absolute Gasteiger partial charge is 0.501 e. The number of nitrogens with zero attached hydrogens (tertiary/aromatic N) is 3. The summed E-state index contributed by atoms with van der Waals surface area (Å²) in [4.78, 5) is -0.955. The van der Waals surface area contributed by atoms with Crippen LogP contribution in [0.5, 0.6) is 0 Å². The van der Waals surface area contributed by atoms with Crippen LogP contribution in [0.3, 0.4) is 0 Å². The summed E-state index contributed by atoms with van der Waals surface area (Å²) in [5.41, 5.74) is -5.76. The van der Waals surface area contributed by atoms with Gasteiger partial charge in [0.2, 0.25) is 5.16 Å². The second-order valence-electron chi connectivity index (χ2n) is 3.85. The summed E-state index contributed by atoms with van der Waals surface area (Å²) in [6, 6.07) is 4.49. The molecule has 0 aliphatic carbocycles. The molecule has 0 fully saturated rings. The average molecular weight is 339 g/mol. The highest BCUT2D eigenvalue weighted by Crippen LogP contribution is 2.33. The first-order chi connectivity index (χ1) is 9.66. The fraction of sp³-hybridized carbons (Fsp3) is 0.200. The van der Waals surface area contributed by atoms with Gasteiger partial charge in [0.05, 0.1) is 16.5 Å². The van der Waals surface area contributed by atoms with E-state index in [1.165, 1.54) is 12.3 Å². The molecule has 0 spiro atoms. The molecule has 0 bridgehead atoms. The van der Waals surface area contributed by atoms with E-state index in [2.05, 4.69) is 10.2 Å². The van der Waals surface area contributed by atoms with Gasteiger partial charge in [-0.3, -0.25) is 8.78 Å². The van der Waals surface area contributed by atoms with Gasteiger partial charge in [-0.1, -0.05) is 12.1 Å². The van der Waals surface area contributed by atoms with Crippen LogP contribution in [0, 0.1) is 0 Å². The molecule has 1 unspecified atom stereocenters. The predicted octanol–water partition coefficient (Wildman–Crippen LogP) is 1.30. The van der Waals surface area contributed by atoms with Crippen molar-refractivity contribution in [2.24, 2.45) is 0 Å². The van der Waals surface area contributed by atoms with Gasteiger partial charge in [-0.2, -0.15) is 13.2 Å². The third-order valence-electron chi connectivity index (χ3n) is 2.49. The van der Waals surface area contributed by atoms with Crippen molar-refractivity contribution in [2.75, 3.05) is 6.26 Å². The number of halogens is 3. The van der Waals surface area contributed by atoms with Crippen LogP contribution in [0.25, 0.3) is 5.69 Å². The van der Waals surface area contributed by atoms with Crippen LogP contribution in [-0.4, -0.2) is 39.2 Å². The molecular weight excluding hydrogens is 331 g/mol. The Morgan fingerprint density at radius 2 is 1.86 bits per heavy atom. The number of benzene rings is 1. The molecule has 2 rings (SSSR count). The van der Waals surface area contributed by atoms with Gasteiger partial charge < -0.3 is 0 Å². The van der Waals surface area contributed by atoms with E-state index in [1.54, 1.807) is 0 Å². The molecule has 1 atom stereocenters. The second kappa shape index (κ2) is 5.22. The quantitative estimate of drug-likeness (QED) is 0.842. The summed E-state index contributed by atoms with van der Waals surface area (Å²) in [7, 11) is -7.20. The summed E-state index contributed by atoms with van der Waals surface area (Å²) in [5.74, 6) is 0. The van der Waals surface area contributed by atoms with Gasteiger partial charge in [0, 0.05) is 6.26 Å². The molecular formula is C10H8F3N3O3S2. The Labute approximate surface area is 120 Å². The highest BCUT2D eigenvalue weighted by atomic mass is 32.2. The van der Waals surface area contributed by atoms with E-state index in [1.807, 2.05) is 0 Å². The maximum Gasteiger partial charge on any atom is 0.501 e. The zero-order valence-electron chi connectivity index (χ0n) is 10.4. The van der Waals surface area contributed by atoms with Crippen molar-refractivity contribution in [3.63, 3.8) is 0 Å². The Bertz CT molecular complexity index is 799. The van der Waals surface area contributed by atoms with Crippen molar-refractivity contribution >= 4 is 20.6 Å². The van der Waals surface area contributed by atoms with Crippen LogP contribution in [-0.2, 0) is 20.6 Å². The third-order valence-corrected chi connectivity index (χ3v) is 4.82. The van der Waals surface area contributed by atoms with E-state index in [-0.39, 0.29) is 10.8 Å². The van der Waals surface area contributed by atoms with Crippen LogP contribution in [0.4, 0.5) is 13.2 Å². The molecule has 0 aliphatic heterocycles. The number of hydrogen-bond acceptors (Lipinski definition) is 5. The molecule has 1 aromatic carbocycles. The van der Waals surface area contributed by atoms with E-state index in [0.717, 1.165) is 29.1 Å². The van der Waals surface area contributed by atoms with Gasteiger partial charge in [0.15, 0.2) is 0 Å². The monoisotopic (exact) mass is 339 g/mol. The van der Waals surface area contributed by atoms with Gasteiger partial charge in [-0.15, -0.1) is 10.2 Å². The first-order valence-electron chi connectivity index (χ1n) is 5.30. The number of aromatic nitrogens is 3. The van der Waals surface area contributed by atoms with Gasteiger partial charge in [-0.05, 0) is 12.1 Å². The van der Waals surface area contributed by atoms with Gasteiger partial charge >= 0.3 is 5.51 Å². The number of hydrogen-bond donors (Lipinski definition) is 0. The number of alkyl halides is 3. The minimum absolute atomic E-state index is 0.153. The predicted molar refractivity (Wildman–Crippen MR) is 66.9 cm³/mol. The molecule has 1 aromatic heterocycles. The first kappa shape index (κ1) is 15.6. The lowest BCUT2D eigenvalue weighted by Crippen LogP contribution is -2.24. The van der Waals surface area contributed by atoms with Crippen molar-refractivity contribution in [1.82, 2.24) is 14.8 Å². The van der Waals surface area contributed by atoms with Crippen molar-refractivity contribution in [3.05, 3.63) is 30.6 Å². The second-order valence-corrected chi connectivity index (χ2v) is 7.04. The fourth-order valence-electron chi connectivity index (χ4n) is 1.59. The summed E-state index contributed by atoms with van der Waals surface area (Å²) < 4.78 is 73.8.